The summed E-state index contributed by atoms with van der Waals surface area (Å²) in [6, 6.07) is 8.58. The molecule has 0 saturated carbocycles. The lowest BCUT2D eigenvalue weighted by molar-refractivity contribution is 0.106. The summed E-state index contributed by atoms with van der Waals surface area (Å²) >= 11 is 0. The van der Waals surface area contributed by atoms with Crippen molar-refractivity contribution in [2.45, 2.75) is 19.1 Å². The predicted octanol–water partition coefficient (Wildman–Crippen LogP) is 0.625. The molecular formula is C13H20N2O. The molecule has 0 radical (unpaired) electrons. The number of rotatable bonds is 4. The van der Waals surface area contributed by atoms with E-state index < -0.39 is 0 Å². The minimum atomic E-state index is -0.268. The van der Waals surface area contributed by atoms with Gasteiger partial charge in [0.2, 0.25) is 0 Å². The molecule has 1 heterocycles. The molecule has 1 aliphatic rings. The van der Waals surface area contributed by atoms with Crippen molar-refractivity contribution >= 4 is 0 Å². The fraction of sp³-hybridized carbons (Fsp3) is 0.538. The maximum absolute atomic E-state index is 9.75. The Morgan fingerprint density at radius 2 is 2.12 bits per heavy atom. The maximum atomic E-state index is 9.75. The van der Waals surface area contributed by atoms with E-state index in [0.29, 0.717) is 6.54 Å². The number of hydrogen-bond acceptors (Lipinski definition) is 3. The standard InChI is InChI=1S/C13H20N2O/c1-14-8-13(16)10-15-7-6-11-4-2-3-5-12(11)9-15/h2-5,13-14,16H,6-10H2,1H3. The summed E-state index contributed by atoms with van der Waals surface area (Å²) in [4.78, 5) is 2.32. The molecule has 1 aromatic rings. The zero-order chi connectivity index (χ0) is 11.4. The summed E-state index contributed by atoms with van der Waals surface area (Å²) in [6.45, 7) is 3.45. The molecule has 3 heteroatoms. The van der Waals surface area contributed by atoms with Crippen molar-refractivity contribution in [3.05, 3.63) is 35.4 Å². The van der Waals surface area contributed by atoms with Crippen molar-refractivity contribution in [3.63, 3.8) is 0 Å². The van der Waals surface area contributed by atoms with E-state index in [1.165, 1.54) is 11.1 Å². The second-order valence-corrected chi connectivity index (χ2v) is 4.47. The molecule has 1 unspecified atom stereocenters. The van der Waals surface area contributed by atoms with Crippen LogP contribution in [0, 0.1) is 0 Å². The summed E-state index contributed by atoms with van der Waals surface area (Å²) in [5.41, 5.74) is 2.87. The zero-order valence-corrected chi connectivity index (χ0v) is 9.82. The highest BCUT2D eigenvalue weighted by atomic mass is 16.3. The highest BCUT2D eigenvalue weighted by Gasteiger charge is 2.17. The fourth-order valence-electron chi connectivity index (χ4n) is 2.31. The van der Waals surface area contributed by atoms with Gasteiger partial charge in [-0.1, -0.05) is 24.3 Å². The van der Waals surface area contributed by atoms with E-state index in [9.17, 15) is 5.11 Å². The van der Waals surface area contributed by atoms with E-state index in [1.807, 2.05) is 7.05 Å². The van der Waals surface area contributed by atoms with Crippen molar-refractivity contribution < 1.29 is 5.11 Å². The average Bonchev–Trinajstić information content (AvgIpc) is 2.29. The molecular weight excluding hydrogens is 200 g/mol. The first kappa shape index (κ1) is 11.6. The Bertz CT molecular complexity index is 340. The van der Waals surface area contributed by atoms with Gasteiger partial charge < -0.3 is 10.4 Å². The summed E-state index contributed by atoms with van der Waals surface area (Å²) in [5, 5.41) is 12.7. The van der Waals surface area contributed by atoms with Gasteiger partial charge in [-0.05, 0) is 24.6 Å². The molecule has 0 saturated heterocycles. The van der Waals surface area contributed by atoms with Crippen LogP contribution in [-0.2, 0) is 13.0 Å². The molecule has 0 spiro atoms. The minimum Gasteiger partial charge on any atom is -0.390 e. The van der Waals surface area contributed by atoms with Crippen molar-refractivity contribution in [3.8, 4) is 0 Å². The van der Waals surface area contributed by atoms with Crippen molar-refractivity contribution in [2.24, 2.45) is 0 Å². The molecule has 1 atom stereocenters. The van der Waals surface area contributed by atoms with Gasteiger partial charge in [0.05, 0.1) is 6.10 Å². The van der Waals surface area contributed by atoms with Crippen LogP contribution in [-0.4, -0.2) is 42.8 Å². The largest absolute Gasteiger partial charge is 0.390 e. The second-order valence-electron chi connectivity index (χ2n) is 4.47. The predicted molar refractivity (Wildman–Crippen MR) is 65.4 cm³/mol. The molecule has 16 heavy (non-hydrogen) atoms. The maximum Gasteiger partial charge on any atom is 0.0791 e. The SMILES string of the molecule is CNCC(O)CN1CCc2ccccc2C1. The monoisotopic (exact) mass is 220 g/mol. The van der Waals surface area contributed by atoms with Crippen LogP contribution < -0.4 is 5.32 Å². The Morgan fingerprint density at radius 3 is 2.88 bits per heavy atom. The summed E-state index contributed by atoms with van der Waals surface area (Å²) in [5.74, 6) is 0. The van der Waals surface area contributed by atoms with Gasteiger partial charge in [-0.25, -0.2) is 0 Å². The van der Waals surface area contributed by atoms with Gasteiger partial charge in [0.1, 0.15) is 0 Å². The highest BCUT2D eigenvalue weighted by Crippen LogP contribution is 2.18. The van der Waals surface area contributed by atoms with E-state index in [2.05, 4.69) is 34.5 Å². The summed E-state index contributed by atoms with van der Waals surface area (Å²) in [7, 11) is 1.87. The van der Waals surface area contributed by atoms with E-state index in [1.54, 1.807) is 0 Å². The highest BCUT2D eigenvalue weighted by molar-refractivity contribution is 5.29. The Morgan fingerprint density at radius 1 is 1.38 bits per heavy atom. The molecule has 0 amide bonds. The number of aliphatic hydroxyl groups is 1. The first-order valence-corrected chi connectivity index (χ1v) is 5.91. The normalized spacial score (nSPS) is 18.1. The molecule has 0 bridgehead atoms. The van der Waals surface area contributed by atoms with Gasteiger partial charge in [0, 0.05) is 26.2 Å². The zero-order valence-electron chi connectivity index (χ0n) is 9.82. The lowest BCUT2D eigenvalue weighted by Gasteiger charge is -2.30. The molecule has 0 fully saturated rings. The van der Waals surface area contributed by atoms with Crippen LogP contribution in [0.1, 0.15) is 11.1 Å². The third-order valence-electron chi connectivity index (χ3n) is 3.12. The van der Waals surface area contributed by atoms with Crippen molar-refractivity contribution in [1.29, 1.82) is 0 Å². The number of nitrogens with zero attached hydrogens (tertiary/aromatic N) is 1. The van der Waals surface area contributed by atoms with E-state index >= 15 is 0 Å². The lowest BCUT2D eigenvalue weighted by atomic mass is 10.00. The number of benzene rings is 1. The molecule has 2 N–H and O–H groups in total. The third-order valence-corrected chi connectivity index (χ3v) is 3.12. The molecule has 1 aliphatic heterocycles. The number of likely N-dealkylation sites (N-methyl/N-ethyl adjacent to an activating group) is 1. The van der Waals surface area contributed by atoms with Crippen LogP contribution >= 0.6 is 0 Å². The van der Waals surface area contributed by atoms with Gasteiger partial charge in [0.25, 0.3) is 0 Å². The smallest absolute Gasteiger partial charge is 0.0791 e. The number of aliphatic hydroxyl groups excluding tert-OH is 1. The topological polar surface area (TPSA) is 35.5 Å². The molecule has 0 aromatic heterocycles. The van der Waals surface area contributed by atoms with Crippen LogP contribution in [0.2, 0.25) is 0 Å². The summed E-state index contributed by atoms with van der Waals surface area (Å²) < 4.78 is 0. The van der Waals surface area contributed by atoms with E-state index in [0.717, 1.165) is 26.1 Å². The Hall–Kier alpha value is -0.900. The number of nitrogens with one attached hydrogen (secondary N) is 1. The molecule has 88 valence electrons. The van der Waals surface area contributed by atoms with Crippen LogP contribution in [0.25, 0.3) is 0 Å². The average molecular weight is 220 g/mol. The molecule has 1 aromatic carbocycles. The van der Waals surface area contributed by atoms with Crippen molar-refractivity contribution in [2.75, 3.05) is 26.7 Å². The Kier molecular flexibility index (Phi) is 3.93. The van der Waals surface area contributed by atoms with E-state index in [-0.39, 0.29) is 6.10 Å². The fourth-order valence-corrected chi connectivity index (χ4v) is 2.31. The summed E-state index contributed by atoms with van der Waals surface area (Å²) in [6.07, 6.45) is 0.831. The van der Waals surface area contributed by atoms with Gasteiger partial charge >= 0.3 is 0 Å². The van der Waals surface area contributed by atoms with E-state index in [4.69, 9.17) is 0 Å². The lowest BCUT2D eigenvalue weighted by Crippen LogP contribution is -2.40. The number of β-amino-alcohol motifs (C(OH)–C–C–N with tert-alkyl or cyclic N) is 1. The third kappa shape index (κ3) is 2.82. The van der Waals surface area contributed by atoms with Crippen LogP contribution in [0.15, 0.2) is 24.3 Å². The van der Waals surface area contributed by atoms with Gasteiger partial charge in [0.15, 0.2) is 0 Å². The van der Waals surface area contributed by atoms with Crippen molar-refractivity contribution in [1.82, 2.24) is 10.2 Å². The Labute approximate surface area is 97.1 Å². The van der Waals surface area contributed by atoms with Gasteiger partial charge in [-0.3, -0.25) is 4.90 Å². The van der Waals surface area contributed by atoms with Crippen LogP contribution in [0.5, 0.6) is 0 Å². The number of hydrogen-bond donors (Lipinski definition) is 2. The number of fused-ring (bicyclic) bond motifs is 1. The van der Waals surface area contributed by atoms with Gasteiger partial charge in [-0.2, -0.15) is 0 Å². The van der Waals surface area contributed by atoms with Gasteiger partial charge in [-0.15, -0.1) is 0 Å². The second kappa shape index (κ2) is 5.43. The molecule has 0 aliphatic carbocycles. The Balaban J connectivity index is 1.92. The molecule has 3 nitrogen and oxygen atoms in total. The minimum absolute atomic E-state index is 0.268. The first-order valence-electron chi connectivity index (χ1n) is 5.91. The van der Waals surface area contributed by atoms with Crippen LogP contribution in [0.4, 0.5) is 0 Å². The molecule has 2 rings (SSSR count). The first-order chi connectivity index (χ1) is 7.79. The quantitative estimate of drug-likeness (QED) is 0.781. The van der Waals surface area contributed by atoms with Crippen LogP contribution in [0.3, 0.4) is 0 Å².